The number of benzene rings is 1. The molecule has 0 amide bonds. The Bertz CT molecular complexity index is 641. The topological polar surface area (TPSA) is 81.7 Å². The average Bonchev–Trinajstić information content (AvgIpc) is 2.84. The Morgan fingerprint density at radius 3 is 2.83 bits per heavy atom. The van der Waals surface area contributed by atoms with Gasteiger partial charge in [-0.1, -0.05) is 5.16 Å². The van der Waals surface area contributed by atoms with Crippen LogP contribution in [0.1, 0.15) is 31.9 Å². The summed E-state index contributed by atoms with van der Waals surface area (Å²) >= 11 is 0. The zero-order valence-electron chi connectivity index (χ0n) is 15.0. The van der Waals surface area contributed by atoms with Crippen molar-refractivity contribution in [2.75, 3.05) is 27.3 Å². The zero-order valence-corrected chi connectivity index (χ0v) is 15.0. The Morgan fingerprint density at radius 2 is 2.21 bits per heavy atom. The van der Waals surface area contributed by atoms with E-state index in [1.54, 1.807) is 12.1 Å². The van der Waals surface area contributed by atoms with Gasteiger partial charge >= 0.3 is 0 Å². The average molecular weight is 334 g/mol. The van der Waals surface area contributed by atoms with Crippen molar-refractivity contribution in [3.63, 3.8) is 0 Å². The summed E-state index contributed by atoms with van der Waals surface area (Å²) in [6.45, 7) is 6.96. The molecular formula is C17H26N4O3. The lowest BCUT2D eigenvalue weighted by molar-refractivity contribution is 0.134. The van der Waals surface area contributed by atoms with Gasteiger partial charge in [0.2, 0.25) is 0 Å². The number of oxime groups is 1. The molecule has 0 spiro atoms. The van der Waals surface area contributed by atoms with Gasteiger partial charge in [0, 0.05) is 24.6 Å². The summed E-state index contributed by atoms with van der Waals surface area (Å²) in [7, 11) is 3.46. The van der Waals surface area contributed by atoms with Gasteiger partial charge in [-0.25, -0.2) is 0 Å². The Hall–Kier alpha value is -2.44. The van der Waals surface area contributed by atoms with Crippen LogP contribution in [0.4, 0.5) is 0 Å². The molecule has 1 aromatic rings. The first-order chi connectivity index (χ1) is 11.4. The highest BCUT2D eigenvalue weighted by Gasteiger charge is 2.33. The number of methoxy groups -OCH3 is 1. The van der Waals surface area contributed by atoms with Crippen LogP contribution >= 0.6 is 0 Å². The van der Waals surface area contributed by atoms with Crippen molar-refractivity contribution in [1.82, 2.24) is 5.01 Å². The second-order valence-electron chi connectivity index (χ2n) is 6.24. The van der Waals surface area contributed by atoms with Crippen LogP contribution in [0.15, 0.2) is 22.4 Å². The van der Waals surface area contributed by atoms with Gasteiger partial charge < -0.3 is 20.0 Å². The molecule has 24 heavy (non-hydrogen) atoms. The van der Waals surface area contributed by atoms with Crippen molar-refractivity contribution < 1.29 is 14.3 Å². The fourth-order valence-electron chi connectivity index (χ4n) is 2.68. The Morgan fingerprint density at radius 1 is 1.46 bits per heavy atom. The van der Waals surface area contributed by atoms with E-state index < -0.39 is 0 Å². The van der Waals surface area contributed by atoms with Crippen molar-refractivity contribution >= 4 is 12.1 Å². The molecular weight excluding hydrogens is 308 g/mol. The van der Waals surface area contributed by atoms with E-state index >= 15 is 0 Å². The number of ether oxygens (including phenoxy) is 2. The Kier molecular flexibility index (Phi) is 5.54. The molecule has 0 aliphatic carbocycles. The Balaban J connectivity index is 2.40. The van der Waals surface area contributed by atoms with Crippen LogP contribution in [0.25, 0.3) is 0 Å². The van der Waals surface area contributed by atoms with Crippen LogP contribution in [0.3, 0.4) is 0 Å². The van der Waals surface area contributed by atoms with E-state index in [9.17, 15) is 0 Å². The van der Waals surface area contributed by atoms with Crippen molar-refractivity contribution in [2.24, 2.45) is 16.0 Å². The van der Waals surface area contributed by atoms with Crippen molar-refractivity contribution in [2.45, 2.75) is 32.8 Å². The maximum atomic E-state index is 6.01. The van der Waals surface area contributed by atoms with Crippen LogP contribution in [-0.2, 0) is 11.3 Å². The molecule has 1 aliphatic heterocycles. The third-order valence-electron chi connectivity index (χ3n) is 3.63. The van der Waals surface area contributed by atoms with Crippen LogP contribution in [0.2, 0.25) is 0 Å². The minimum atomic E-state index is -0.244. The molecule has 132 valence electrons. The van der Waals surface area contributed by atoms with Gasteiger partial charge in [0.25, 0.3) is 0 Å². The number of rotatable bonds is 7. The molecule has 2 N–H and O–H groups in total. The quantitative estimate of drug-likeness (QED) is 0.468. The zero-order chi connectivity index (χ0) is 17.7. The largest absolute Gasteiger partial charge is 0.493 e. The van der Waals surface area contributed by atoms with Gasteiger partial charge in [-0.3, -0.25) is 5.01 Å². The number of nitrogens with zero attached hydrogens (tertiary/aromatic N) is 3. The molecule has 0 bridgehead atoms. The van der Waals surface area contributed by atoms with E-state index in [1.807, 2.05) is 20.0 Å². The van der Waals surface area contributed by atoms with Crippen molar-refractivity contribution in [3.05, 3.63) is 23.3 Å². The first-order valence-electron chi connectivity index (χ1n) is 7.94. The van der Waals surface area contributed by atoms with Gasteiger partial charge in [0.15, 0.2) is 11.5 Å². The lowest BCUT2D eigenvalue weighted by Crippen LogP contribution is -2.24. The summed E-state index contributed by atoms with van der Waals surface area (Å²) in [5.74, 6) is 1.50. The van der Waals surface area contributed by atoms with E-state index in [1.165, 1.54) is 6.34 Å². The summed E-state index contributed by atoms with van der Waals surface area (Å²) < 4.78 is 11.5. The molecule has 0 radical (unpaired) electrons. The monoisotopic (exact) mass is 334 g/mol. The summed E-state index contributed by atoms with van der Waals surface area (Å²) in [5.41, 5.74) is 7.87. The summed E-state index contributed by atoms with van der Waals surface area (Å²) in [5, 5.41) is 9.96. The second kappa shape index (κ2) is 7.42. The highest BCUT2D eigenvalue weighted by molar-refractivity contribution is 6.02. The molecule has 1 aliphatic rings. The molecule has 7 nitrogen and oxygen atoms in total. The number of hydrogen-bond donors (Lipinski definition) is 1. The third kappa shape index (κ3) is 4.10. The van der Waals surface area contributed by atoms with E-state index in [2.05, 4.69) is 30.2 Å². The van der Waals surface area contributed by atoms with Gasteiger partial charge in [-0.15, -0.1) is 0 Å². The van der Waals surface area contributed by atoms with E-state index in [0.29, 0.717) is 18.9 Å². The van der Waals surface area contributed by atoms with E-state index in [4.69, 9.17) is 20.0 Å². The van der Waals surface area contributed by atoms with Gasteiger partial charge in [-0.2, -0.15) is 5.10 Å². The third-order valence-corrected chi connectivity index (χ3v) is 3.63. The molecule has 1 heterocycles. The fourth-order valence-corrected chi connectivity index (χ4v) is 2.68. The predicted molar refractivity (Wildman–Crippen MR) is 94.9 cm³/mol. The molecule has 7 heteroatoms. The van der Waals surface area contributed by atoms with Crippen LogP contribution in [0, 0.1) is 0 Å². The maximum Gasteiger partial charge on any atom is 0.165 e. The van der Waals surface area contributed by atoms with Crippen LogP contribution in [-0.4, -0.2) is 50.0 Å². The number of nitrogens with two attached hydrogens (primary N) is 1. The standard InChI is InChI=1S/C17H26N4O3/c1-6-23-20-14(10-21(4)19-11-18)12-7-13-9-17(2,3)24-16(13)15(8-12)22-5/h7-8,11H,6,9-10H2,1-5H3,(H2,18,19)/b20-14+. The highest BCUT2D eigenvalue weighted by atomic mass is 16.6. The van der Waals surface area contributed by atoms with Crippen LogP contribution in [0.5, 0.6) is 11.5 Å². The highest BCUT2D eigenvalue weighted by Crippen LogP contribution is 2.42. The summed E-state index contributed by atoms with van der Waals surface area (Å²) in [6, 6.07) is 3.99. The lowest BCUT2D eigenvalue weighted by Gasteiger charge is -2.18. The van der Waals surface area contributed by atoms with Crippen molar-refractivity contribution in [1.29, 1.82) is 0 Å². The molecule has 1 aromatic carbocycles. The Labute approximate surface area is 143 Å². The summed E-state index contributed by atoms with van der Waals surface area (Å²) in [4.78, 5) is 5.27. The van der Waals surface area contributed by atoms with Gasteiger partial charge in [0.05, 0.1) is 13.7 Å². The fraction of sp³-hybridized carbons (Fsp3) is 0.529. The second-order valence-corrected chi connectivity index (χ2v) is 6.24. The molecule has 0 fully saturated rings. The first kappa shape index (κ1) is 17.9. The number of hydrazone groups is 1. The smallest absolute Gasteiger partial charge is 0.165 e. The SMILES string of the molecule is CCO/N=C(\CN(C)/N=C\N)c1cc2c(c(OC)c1)OC(C)(C)C2. The maximum absolute atomic E-state index is 6.01. The van der Waals surface area contributed by atoms with E-state index in [0.717, 1.165) is 29.0 Å². The normalized spacial score (nSPS) is 16.0. The van der Waals surface area contributed by atoms with Crippen molar-refractivity contribution in [3.8, 4) is 11.5 Å². The summed E-state index contributed by atoms with van der Waals surface area (Å²) in [6.07, 6.45) is 2.06. The predicted octanol–water partition coefficient (Wildman–Crippen LogP) is 1.98. The molecule has 2 rings (SSSR count). The first-order valence-corrected chi connectivity index (χ1v) is 7.94. The van der Waals surface area contributed by atoms with Gasteiger partial charge in [-0.05, 0) is 32.9 Å². The number of fused-ring (bicyclic) bond motifs is 1. The van der Waals surface area contributed by atoms with Gasteiger partial charge in [0.1, 0.15) is 24.3 Å². The number of hydrogen-bond acceptors (Lipinski definition) is 6. The number of likely N-dealkylation sites (N-methyl/N-ethyl adjacent to an activating group) is 1. The minimum absolute atomic E-state index is 0.244. The molecule has 0 unspecified atom stereocenters. The molecule has 0 aromatic heterocycles. The lowest BCUT2D eigenvalue weighted by atomic mass is 9.98. The molecule has 0 saturated heterocycles. The van der Waals surface area contributed by atoms with Crippen LogP contribution < -0.4 is 15.2 Å². The molecule has 0 atom stereocenters. The molecule has 0 saturated carbocycles. The minimum Gasteiger partial charge on any atom is -0.493 e. The van der Waals surface area contributed by atoms with E-state index in [-0.39, 0.29) is 5.60 Å².